The van der Waals surface area contributed by atoms with Crippen LogP contribution in [0.1, 0.15) is 41.9 Å². The molecular weight excluding hydrogens is 272 g/mol. The number of hydrogen-bond donors (Lipinski definition) is 2. The maximum atomic E-state index is 11.9. The quantitative estimate of drug-likeness (QED) is 0.597. The van der Waals surface area contributed by atoms with Gasteiger partial charge in [-0.25, -0.2) is 0 Å². The molecule has 0 saturated heterocycles. The highest BCUT2D eigenvalue weighted by Crippen LogP contribution is 2.13. The topological polar surface area (TPSA) is 64.3 Å². The van der Waals surface area contributed by atoms with Gasteiger partial charge in [0.1, 0.15) is 0 Å². The Kier molecular flexibility index (Phi) is 7.97. The summed E-state index contributed by atoms with van der Waals surface area (Å²) in [4.78, 5) is 12.7. The van der Waals surface area contributed by atoms with E-state index in [1.165, 1.54) is 11.3 Å². The van der Waals surface area contributed by atoms with E-state index in [-0.39, 0.29) is 12.0 Å². The molecule has 0 aliphatic carbocycles. The fourth-order valence-corrected chi connectivity index (χ4v) is 2.26. The van der Waals surface area contributed by atoms with E-state index in [4.69, 9.17) is 10.5 Å². The Bertz CT molecular complexity index is 472. The zero-order valence-corrected chi connectivity index (χ0v) is 12.9. The maximum absolute atomic E-state index is 11.9. The molecule has 0 saturated carbocycles. The summed E-state index contributed by atoms with van der Waals surface area (Å²) in [7, 11) is 0. The van der Waals surface area contributed by atoms with E-state index in [0.29, 0.717) is 18.7 Å². The van der Waals surface area contributed by atoms with E-state index >= 15 is 0 Å². The van der Waals surface area contributed by atoms with E-state index in [9.17, 15) is 4.79 Å². The molecule has 1 amide bonds. The first kappa shape index (κ1) is 16.7. The summed E-state index contributed by atoms with van der Waals surface area (Å²) in [5.74, 6) is 5.65. The van der Waals surface area contributed by atoms with Crippen LogP contribution in [0.5, 0.6) is 0 Å². The Balaban J connectivity index is 2.24. The van der Waals surface area contributed by atoms with E-state index in [1.54, 1.807) is 6.07 Å². The molecule has 1 aromatic rings. The van der Waals surface area contributed by atoms with Gasteiger partial charge in [-0.1, -0.05) is 11.8 Å². The highest BCUT2D eigenvalue weighted by atomic mass is 32.1. The summed E-state index contributed by atoms with van der Waals surface area (Å²) in [6, 6.07) is 1.80. The summed E-state index contributed by atoms with van der Waals surface area (Å²) < 4.78 is 5.44. The molecule has 1 aromatic heterocycles. The van der Waals surface area contributed by atoms with E-state index in [2.05, 4.69) is 17.2 Å². The minimum absolute atomic E-state index is 0.0492. The molecule has 3 N–H and O–H groups in total. The number of thiophene rings is 1. The van der Waals surface area contributed by atoms with Crippen LogP contribution in [0.4, 0.5) is 0 Å². The molecule has 0 aliphatic heterocycles. The van der Waals surface area contributed by atoms with Gasteiger partial charge in [0.05, 0.1) is 23.1 Å². The van der Waals surface area contributed by atoms with Gasteiger partial charge in [0.15, 0.2) is 0 Å². The van der Waals surface area contributed by atoms with Crippen LogP contribution in [0.15, 0.2) is 11.4 Å². The summed E-state index contributed by atoms with van der Waals surface area (Å²) in [6.07, 6.45) is 2.14. The zero-order valence-electron chi connectivity index (χ0n) is 12.1. The highest BCUT2D eigenvalue weighted by Gasteiger charge is 2.07. The van der Waals surface area contributed by atoms with Crippen molar-refractivity contribution in [2.24, 2.45) is 5.73 Å². The number of nitrogens with one attached hydrogen (secondary N) is 1. The second-order valence-corrected chi connectivity index (χ2v) is 5.50. The van der Waals surface area contributed by atoms with Gasteiger partial charge in [0, 0.05) is 18.5 Å². The van der Waals surface area contributed by atoms with Gasteiger partial charge in [-0.2, -0.15) is 0 Å². The van der Waals surface area contributed by atoms with Crippen LogP contribution in [0.25, 0.3) is 0 Å². The molecule has 1 heterocycles. The van der Waals surface area contributed by atoms with Crippen LogP contribution < -0.4 is 11.1 Å². The SMILES string of the molecule is CC(C)OCCCCNC(=O)c1csc(C#CCN)c1. The Hall–Kier alpha value is -1.35. The smallest absolute Gasteiger partial charge is 0.252 e. The molecule has 20 heavy (non-hydrogen) atoms. The van der Waals surface area contributed by atoms with Crippen molar-refractivity contribution < 1.29 is 9.53 Å². The van der Waals surface area contributed by atoms with Crippen molar-refractivity contribution in [3.05, 3.63) is 21.9 Å². The average molecular weight is 294 g/mol. The zero-order chi connectivity index (χ0) is 14.8. The molecule has 5 heteroatoms. The van der Waals surface area contributed by atoms with Crippen molar-refractivity contribution in [1.82, 2.24) is 5.32 Å². The molecule has 0 fully saturated rings. The first-order valence-electron chi connectivity index (χ1n) is 6.80. The minimum atomic E-state index is -0.0492. The number of ether oxygens (including phenoxy) is 1. The van der Waals surface area contributed by atoms with Crippen LogP contribution in [0.3, 0.4) is 0 Å². The van der Waals surface area contributed by atoms with Gasteiger partial charge in [0.2, 0.25) is 0 Å². The van der Waals surface area contributed by atoms with Crippen LogP contribution in [-0.4, -0.2) is 31.7 Å². The minimum Gasteiger partial charge on any atom is -0.379 e. The van der Waals surface area contributed by atoms with Gasteiger partial charge in [-0.3, -0.25) is 4.79 Å². The maximum Gasteiger partial charge on any atom is 0.252 e. The number of nitrogens with two attached hydrogens (primary N) is 1. The van der Waals surface area contributed by atoms with Crippen molar-refractivity contribution >= 4 is 17.2 Å². The molecule has 0 aromatic carbocycles. The van der Waals surface area contributed by atoms with Crippen molar-refractivity contribution in [3.63, 3.8) is 0 Å². The lowest BCUT2D eigenvalue weighted by molar-refractivity contribution is 0.0754. The summed E-state index contributed by atoms with van der Waals surface area (Å²) >= 11 is 1.46. The van der Waals surface area contributed by atoms with Gasteiger partial charge in [0.25, 0.3) is 5.91 Å². The third-order valence-corrected chi connectivity index (χ3v) is 3.33. The Morgan fingerprint density at radius 1 is 1.50 bits per heavy atom. The number of unbranched alkanes of at least 4 members (excludes halogenated alkanes) is 1. The molecule has 0 spiro atoms. The van der Waals surface area contributed by atoms with Gasteiger partial charge in [-0.15, -0.1) is 11.3 Å². The normalized spacial score (nSPS) is 10.2. The van der Waals surface area contributed by atoms with E-state index < -0.39 is 0 Å². The predicted octanol–water partition coefficient (Wildman–Crippen LogP) is 1.99. The van der Waals surface area contributed by atoms with Gasteiger partial charge in [-0.05, 0) is 32.8 Å². The molecule has 0 atom stereocenters. The summed E-state index contributed by atoms with van der Waals surface area (Å²) in [5.41, 5.74) is 5.97. The molecular formula is C15H22N2O2S. The fraction of sp³-hybridized carbons (Fsp3) is 0.533. The standard InChI is InChI=1S/C15H22N2O2S/c1-12(2)19-9-4-3-8-17-15(18)13-10-14(20-11-13)6-5-7-16/h10-12H,3-4,7-9,16H2,1-2H3,(H,17,18). The second kappa shape index (κ2) is 9.54. The van der Waals surface area contributed by atoms with Crippen LogP contribution in [0.2, 0.25) is 0 Å². The lowest BCUT2D eigenvalue weighted by Gasteiger charge is -2.07. The molecule has 0 bridgehead atoms. The number of amides is 1. The van der Waals surface area contributed by atoms with E-state index in [0.717, 1.165) is 24.3 Å². The van der Waals surface area contributed by atoms with Crippen molar-refractivity contribution in [2.45, 2.75) is 32.8 Å². The molecule has 110 valence electrons. The van der Waals surface area contributed by atoms with Crippen LogP contribution in [0, 0.1) is 11.8 Å². The molecule has 0 aliphatic rings. The predicted molar refractivity (Wildman–Crippen MR) is 82.9 cm³/mol. The largest absolute Gasteiger partial charge is 0.379 e. The van der Waals surface area contributed by atoms with Crippen LogP contribution >= 0.6 is 11.3 Å². The van der Waals surface area contributed by atoms with Crippen molar-refractivity contribution in [1.29, 1.82) is 0 Å². The van der Waals surface area contributed by atoms with E-state index in [1.807, 2.05) is 19.2 Å². The first-order chi connectivity index (χ1) is 9.63. The second-order valence-electron chi connectivity index (χ2n) is 4.59. The number of rotatable bonds is 7. The monoisotopic (exact) mass is 294 g/mol. The Morgan fingerprint density at radius 3 is 3.00 bits per heavy atom. The molecule has 4 nitrogen and oxygen atoms in total. The fourth-order valence-electron chi connectivity index (χ4n) is 1.51. The summed E-state index contributed by atoms with van der Waals surface area (Å²) in [5, 5.41) is 4.71. The third-order valence-electron chi connectivity index (χ3n) is 2.48. The molecule has 1 rings (SSSR count). The van der Waals surface area contributed by atoms with Gasteiger partial charge < -0.3 is 15.8 Å². The summed E-state index contributed by atoms with van der Waals surface area (Å²) in [6.45, 7) is 5.77. The Labute approximate surface area is 124 Å². The number of carbonyl (C=O) groups is 1. The molecule has 0 radical (unpaired) electrons. The highest BCUT2D eigenvalue weighted by molar-refractivity contribution is 7.10. The number of carbonyl (C=O) groups excluding carboxylic acids is 1. The lowest BCUT2D eigenvalue weighted by atomic mass is 10.2. The third kappa shape index (κ3) is 6.71. The van der Waals surface area contributed by atoms with Crippen molar-refractivity contribution in [2.75, 3.05) is 19.7 Å². The number of hydrogen-bond acceptors (Lipinski definition) is 4. The average Bonchev–Trinajstić information content (AvgIpc) is 2.88. The van der Waals surface area contributed by atoms with Crippen LogP contribution in [-0.2, 0) is 4.74 Å². The molecule has 0 unspecified atom stereocenters. The lowest BCUT2D eigenvalue weighted by Crippen LogP contribution is -2.24. The Morgan fingerprint density at radius 2 is 2.30 bits per heavy atom. The first-order valence-corrected chi connectivity index (χ1v) is 7.68. The van der Waals surface area contributed by atoms with Gasteiger partial charge >= 0.3 is 0 Å². The van der Waals surface area contributed by atoms with Crippen molar-refractivity contribution in [3.8, 4) is 11.8 Å².